The molecule has 0 aliphatic carbocycles. The Balaban J connectivity index is 1.52. The first-order chi connectivity index (χ1) is 13.1. The van der Waals surface area contributed by atoms with Crippen molar-refractivity contribution in [3.63, 3.8) is 0 Å². The van der Waals surface area contributed by atoms with Crippen LogP contribution in [0.15, 0.2) is 6.20 Å². The van der Waals surface area contributed by atoms with Gasteiger partial charge in [0.2, 0.25) is 12.2 Å². The van der Waals surface area contributed by atoms with E-state index in [0.717, 1.165) is 18.7 Å². The molecule has 2 aliphatic rings. The predicted molar refractivity (Wildman–Crippen MR) is 97.6 cm³/mol. The Bertz CT molecular complexity index is 647. The van der Waals surface area contributed by atoms with Gasteiger partial charge < -0.3 is 14.4 Å². The van der Waals surface area contributed by atoms with Crippen LogP contribution in [0.5, 0.6) is 0 Å². The van der Waals surface area contributed by atoms with Gasteiger partial charge in [0.15, 0.2) is 5.78 Å². The van der Waals surface area contributed by atoms with Crippen molar-refractivity contribution in [1.29, 1.82) is 0 Å². The molecule has 0 aromatic carbocycles. The number of aryl methyl sites for hydroxylation is 1. The highest BCUT2D eigenvalue weighted by Gasteiger charge is 2.46. The summed E-state index contributed by atoms with van der Waals surface area (Å²) in [5, 5.41) is 8.38. The monoisotopic (exact) mass is 378 g/mol. The third-order valence-corrected chi connectivity index (χ3v) is 5.28. The van der Waals surface area contributed by atoms with Crippen LogP contribution < -0.4 is 0 Å². The number of aromatic nitrogens is 3. The lowest BCUT2D eigenvalue weighted by Crippen LogP contribution is -2.51. The lowest BCUT2D eigenvalue weighted by molar-refractivity contribution is -0.161. The van der Waals surface area contributed by atoms with Gasteiger partial charge in [-0.25, -0.2) is 0 Å². The standard InChI is InChI=1S/C19H30N4O4/c1-3-4-5-6-7-8-9-22-11-15(20-21-22)12-23(14(2)24)16-10-17(25)19-26-13-18(16)27-19/h11,16,18-19H,3-10,12-13H2,1-2H3/t16-,18+,19+/m0/s1. The van der Waals surface area contributed by atoms with Crippen molar-refractivity contribution in [3.05, 3.63) is 11.9 Å². The van der Waals surface area contributed by atoms with Crippen LogP contribution in [0.4, 0.5) is 0 Å². The minimum absolute atomic E-state index is 0.104. The van der Waals surface area contributed by atoms with Crippen molar-refractivity contribution < 1.29 is 19.1 Å². The van der Waals surface area contributed by atoms with Gasteiger partial charge in [-0.05, 0) is 6.42 Å². The number of hydrogen-bond donors (Lipinski definition) is 0. The average molecular weight is 378 g/mol. The molecule has 1 aromatic heterocycles. The molecule has 2 saturated heterocycles. The van der Waals surface area contributed by atoms with Crippen molar-refractivity contribution in [1.82, 2.24) is 19.9 Å². The van der Waals surface area contributed by atoms with E-state index in [0.29, 0.717) is 13.2 Å². The molecule has 3 heterocycles. The van der Waals surface area contributed by atoms with Crippen molar-refractivity contribution in [3.8, 4) is 0 Å². The molecule has 0 N–H and O–H groups in total. The van der Waals surface area contributed by atoms with Crippen LogP contribution in [-0.2, 0) is 32.2 Å². The molecular formula is C19H30N4O4. The summed E-state index contributed by atoms with van der Waals surface area (Å²) >= 11 is 0. The summed E-state index contributed by atoms with van der Waals surface area (Å²) in [4.78, 5) is 25.9. The summed E-state index contributed by atoms with van der Waals surface area (Å²) < 4.78 is 12.8. The molecule has 0 spiro atoms. The zero-order chi connectivity index (χ0) is 19.2. The van der Waals surface area contributed by atoms with Crippen LogP contribution in [-0.4, -0.2) is 56.6 Å². The van der Waals surface area contributed by atoms with Crippen molar-refractivity contribution in [2.75, 3.05) is 6.61 Å². The van der Waals surface area contributed by atoms with Crippen LogP contribution in [0.2, 0.25) is 0 Å². The highest BCUT2D eigenvalue weighted by Crippen LogP contribution is 2.29. The molecule has 8 heteroatoms. The number of fused-ring (bicyclic) bond motifs is 2. The maximum Gasteiger partial charge on any atom is 0.220 e. The molecule has 0 unspecified atom stereocenters. The number of carbonyl (C=O) groups is 2. The first-order valence-corrected chi connectivity index (χ1v) is 10.0. The van der Waals surface area contributed by atoms with Crippen LogP contribution in [0.25, 0.3) is 0 Å². The van der Waals surface area contributed by atoms with Gasteiger partial charge in [-0.3, -0.25) is 14.3 Å². The number of rotatable bonds is 10. The van der Waals surface area contributed by atoms with Gasteiger partial charge in [-0.15, -0.1) is 5.10 Å². The zero-order valence-electron chi connectivity index (χ0n) is 16.3. The third-order valence-electron chi connectivity index (χ3n) is 5.28. The second-order valence-electron chi connectivity index (χ2n) is 7.47. The van der Waals surface area contributed by atoms with Gasteiger partial charge in [0, 0.05) is 19.9 Å². The molecule has 2 aliphatic heterocycles. The molecule has 1 amide bonds. The van der Waals surface area contributed by atoms with Gasteiger partial charge >= 0.3 is 0 Å². The fourth-order valence-corrected chi connectivity index (χ4v) is 3.75. The topological polar surface area (TPSA) is 86.6 Å². The Kier molecular flexibility index (Phi) is 6.95. The highest BCUT2D eigenvalue weighted by atomic mass is 16.7. The Morgan fingerprint density at radius 3 is 2.85 bits per heavy atom. The third kappa shape index (κ3) is 5.13. The zero-order valence-corrected chi connectivity index (χ0v) is 16.3. The lowest BCUT2D eigenvalue weighted by Gasteiger charge is -2.35. The van der Waals surface area contributed by atoms with Gasteiger partial charge in [-0.1, -0.05) is 44.2 Å². The van der Waals surface area contributed by atoms with E-state index in [9.17, 15) is 9.59 Å². The van der Waals surface area contributed by atoms with E-state index in [4.69, 9.17) is 9.47 Å². The Hall–Kier alpha value is -1.80. The first-order valence-electron chi connectivity index (χ1n) is 10.0. The molecule has 27 heavy (non-hydrogen) atoms. The summed E-state index contributed by atoms with van der Waals surface area (Å²) in [5.41, 5.74) is 0.727. The number of hydrogen-bond acceptors (Lipinski definition) is 6. The number of ketones is 1. The second kappa shape index (κ2) is 9.41. The molecule has 3 rings (SSSR count). The fraction of sp³-hybridized carbons (Fsp3) is 0.789. The maximum absolute atomic E-state index is 12.2. The maximum atomic E-state index is 12.2. The van der Waals surface area contributed by atoms with Gasteiger partial charge in [0.05, 0.1) is 25.4 Å². The minimum Gasteiger partial charge on any atom is -0.343 e. The number of nitrogens with zero attached hydrogens (tertiary/aromatic N) is 4. The predicted octanol–water partition coefficient (Wildman–Crippen LogP) is 2.07. The Morgan fingerprint density at radius 2 is 2.07 bits per heavy atom. The molecule has 2 bridgehead atoms. The number of carbonyl (C=O) groups excluding carboxylic acids is 2. The van der Waals surface area contributed by atoms with Gasteiger partial charge in [-0.2, -0.15) is 0 Å². The van der Waals surface area contributed by atoms with E-state index in [2.05, 4.69) is 17.2 Å². The molecule has 150 valence electrons. The molecule has 1 aromatic rings. The lowest BCUT2D eigenvalue weighted by atomic mass is 10.0. The first kappa shape index (κ1) is 19.9. The van der Waals surface area contributed by atoms with Gasteiger partial charge in [0.25, 0.3) is 0 Å². The smallest absolute Gasteiger partial charge is 0.220 e. The molecule has 0 radical (unpaired) electrons. The molecule has 3 atom stereocenters. The SMILES string of the molecule is CCCCCCCCn1cc(CN(C(C)=O)[C@H]2CC(=O)[C@@H]3OC[C@H]2O3)nn1. The van der Waals surface area contributed by atoms with Crippen LogP contribution in [0, 0.1) is 0 Å². The molecular weight excluding hydrogens is 348 g/mol. The quantitative estimate of drug-likeness (QED) is 0.579. The number of Topliss-reactive ketones (excluding diaryl/α,β-unsaturated/α-hetero) is 1. The molecule has 8 nitrogen and oxygen atoms in total. The number of unbranched alkanes of at least 4 members (excludes halogenated alkanes) is 5. The fourth-order valence-electron chi connectivity index (χ4n) is 3.75. The summed E-state index contributed by atoms with van der Waals surface area (Å²) in [6.07, 6.45) is 8.52. The Labute approximate surface area is 160 Å². The largest absolute Gasteiger partial charge is 0.343 e. The van der Waals surface area contributed by atoms with E-state index >= 15 is 0 Å². The summed E-state index contributed by atoms with van der Waals surface area (Å²) in [6.45, 7) is 5.23. The molecule has 2 fully saturated rings. The summed E-state index contributed by atoms with van der Waals surface area (Å²) in [5.74, 6) is -0.209. The van der Waals surface area contributed by atoms with Crippen molar-refractivity contribution in [2.24, 2.45) is 0 Å². The van der Waals surface area contributed by atoms with Crippen LogP contribution in [0.1, 0.15) is 64.5 Å². The van der Waals surface area contributed by atoms with E-state index in [1.807, 2.05) is 10.9 Å². The minimum atomic E-state index is -0.752. The van der Waals surface area contributed by atoms with Gasteiger partial charge in [0.1, 0.15) is 11.8 Å². The second-order valence-corrected chi connectivity index (χ2v) is 7.47. The van der Waals surface area contributed by atoms with Crippen molar-refractivity contribution >= 4 is 11.7 Å². The van der Waals surface area contributed by atoms with E-state index in [1.54, 1.807) is 4.90 Å². The average Bonchev–Trinajstić information content (AvgIpc) is 3.27. The highest BCUT2D eigenvalue weighted by molar-refractivity contribution is 5.84. The van der Waals surface area contributed by atoms with E-state index in [1.165, 1.54) is 39.0 Å². The number of amides is 1. The Morgan fingerprint density at radius 1 is 1.30 bits per heavy atom. The normalized spacial score (nSPS) is 24.4. The number of ether oxygens (including phenoxy) is 2. The van der Waals surface area contributed by atoms with Crippen LogP contribution >= 0.6 is 0 Å². The summed E-state index contributed by atoms with van der Waals surface area (Å²) in [7, 11) is 0. The van der Waals surface area contributed by atoms with E-state index < -0.39 is 6.29 Å². The van der Waals surface area contributed by atoms with Crippen molar-refractivity contribution in [2.45, 2.75) is 90.3 Å². The summed E-state index contributed by atoms with van der Waals surface area (Å²) in [6, 6.07) is -0.308. The molecule has 0 saturated carbocycles. The van der Waals surface area contributed by atoms with Crippen LogP contribution in [0.3, 0.4) is 0 Å². The van der Waals surface area contributed by atoms with E-state index in [-0.39, 0.29) is 30.3 Å².